The second-order valence-electron chi connectivity index (χ2n) is 6.74. The number of hydrazone groups is 1. The van der Waals surface area contributed by atoms with Crippen LogP contribution in [0.3, 0.4) is 0 Å². The van der Waals surface area contributed by atoms with Crippen molar-refractivity contribution in [3.8, 4) is 0 Å². The smallest absolute Gasteiger partial charge is 0.274 e. The molecule has 0 radical (unpaired) electrons. The summed E-state index contributed by atoms with van der Waals surface area (Å²) < 4.78 is 67.1. The number of hydrogen-bond acceptors (Lipinski definition) is 6. The van der Waals surface area contributed by atoms with Crippen LogP contribution in [0.15, 0.2) is 71.1 Å². The van der Waals surface area contributed by atoms with Crippen LogP contribution in [-0.4, -0.2) is 34.8 Å². The average Bonchev–Trinajstić information content (AvgIpc) is 3.36. The summed E-state index contributed by atoms with van der Waals surface area (Å²) in [6.45, 7) is 0.0349. The molecule has 1 atom stereocenters. The number of benzene rings is 1. The predicted molar refractivity (Wildman–Crippen MR) is 104 cm³/mol. The van der Waals surface area contributed by atoms with Crippen LogP contribution in [0.1, 0.15) is 17.0 Å². The molecule has 30 heavy (non-hydrogen) atoms. The lowest BCUT2D eigenvalue weighted by Crippen LogP contribution is -2.23. The van der Waals surface area contributed by atoms with Gasteiger partial charge in [-0.2, -0.15) is 23.4 Å². The zero-order chi connectivity index (χ0) is 21.5. The quantitative estimate of drug-likeness (QED) is 0.631. The van der Waals surface area contributed by atoms with Crippen LogP contribution < -0.4 is 5.01 Å². The Labute approximate surface area is 170 Å². The summed E-state index contributed by atoms with van der Waals surface area (Å²) in [7, 11) is -2.43. The first-order valence-electron chi connectivity index (χ1n) is 8.84. The maximum Gasteiger partial charge on any atom is 0.416 e. The standard InChI is InChI=1S/C19H16F3N5O2S/c1-26-11-15(10-24-26)30(28,29)18-16(13-5-3-2-4-6-13)12-27(25-18)17-9-14(7-8-23-17)19(20,21)22/h2-11,16H,12H2,1H3. The van der Waals surface area contributed by atoms with Gasteiger partial charge in [0.1, 0.15) is 10.7 Å². The molecule has 1 aromatic carbocycles. The Morgan fingerprint density at radius 1 is 1.13 bits per heavy atom. The van der Waals surface area contributed by atoms with Crippen LogP contribution in [0.25, 0.3) is 0 Å². The minimum Gasteiger partial charge on any atom is -0.274 e. The van der Waals surface area contributed by atoms with Crippen molar-refractivity contribution in [1.82, 2.24) is 14.8 Å². The Balaban J connectivity index is 1.80. The van der Waals surface area contributed by atoms with Gasteiger partial charge in [0.15, 0.2) is 5.04 Å². The third kappa shape index (κ3) is 3.67. The summed E-state index contributed by atoms with van der Waals surface area (Å²) in [6, 6.07) is 10.5. The van der Waals surface area contributed by atoms with Crippen LogP contribution >= 0.6 is 0 Å². The summed E-state index contributed by atoms with van der Waals surface area (Å²) in [4.78, 5) is 3.93. The van der Waals surface area contributed by atoms with Crippen LogP contribution in [0.4, 0.5) is 19.0 Å². The van der Waals surface area contributed by atoms with Crippen LogP contribution in [0, 0.1) is 0 Å². The Bertz CT molecular complexity index is 1210. The number of anilines is 1. The molecule has 2 aromatic heterocycles. The van der Waals surface area contributed by atoms with Crippen molar-refractivity contribution in [2.45, 2.75) is 17.0 Å². The van der Waals surface area contributed by atoms with E-state index in [0.717, 1.165) is 18.3 Å². The normalized spacial score (nSPS) is 17.3. The highest BCUT2D eigenvalue weighted by atomic mass is 32.2. The molecule has 1 aliphatic heterocycles. The lowest BCUT2D eigenvalue weighted by molar-refractivity contribution is -0.137. The van der Waals surface area contributed by atoms with Crippen molar-refractivity contribution in [3.05, 3.63) is 72.2 Å². The fourth-order valence-electron chi connectivity index (χ4n) is 3.19. The molecule has 0 spiro atoms. The van der Waals surface area contributed by atoms with Gasteiger partial charge in [0.05, 0.1) is 24.2 Å². The first-order chi connectivity index (χ1) is 14.2. The van der Waals surface area contributed by atoms with Crippen LogP contribution in [-0.2, 0) is 23.1 Å². The lowest BCUT2D eigenvalue weighted by atomic mass is 10.0. The fraction of sp³-hybridized carbons (Fsp3) is 0.211. The molecule has 11 heteroatoms. The molecule has 0 fully saturated rings. The summed E-state index contributed by atoms with van der Waals surface area (Å²) in [5, 5.41) is 9.12. The van der Waals surface area contributed by atoms with Crippen molar-refractivity contribution in [3.63, 3.8) is 0 Å². The number of nitrogens with zero attached hydrogens (tertiary/aromatic N) is 5. The van der Waals surface area contributed by atoms with E-state index in [-0.39, 0.29) is 22.3 Å². The van der Waals surface area contributed by atoms with Gasteiger partial charge in [-0.3, -0.25) is 4.68 Å². The van der Waals surface area contributed by atoms with Crippen molar-refractivity contribution in [2.75, 3.05) is 11.6 Å². The summed E-state index contributed by atoms with van der Waals surface area (Å²) in [5.74, 6) is -0.755. The van der Waals surface area contributed by atoms with Gasteiger partial charge in [-0.1, -0.05) is 30.3 Å². The SMILES string of the molecule is Cn1cc(S(=O)(=O)C2=NN(c3cc(C(F)(F)F)ccn3)CC2c2ccccc2)cn1. The maximum atomic E-state index is 13.2. The molecular weight excluding hydrogens is 419 g/mol. The molecular formula is C19H16F3N5O2S. The number of hydrogen-bond donors (Lipinski definition) is 0. The number of aryl methyl sites for hydroxylation is 1. The highest BCUT2D eigenvalue weighted by molar-refractivity contribution is 8.06. The number of alkyl halides is 3. The van der Waals surface area contributed by atoms with Crippen molar-refractivity contribution >= 4 is 20.7 Å². The molecule has 156 valence electrons. The van der Waals surface area contributed by atoms with E-state index in [1.807, 2.05) is 0 Å². The number of rotatable bonds is 3. The van der Waals surface area contributed by atoms with Gasteiger partial charge < -0.3 is 0 Å². The van der Waals surface area contributed by atoms with E-state index >= 15 is 0 Å². The zero-order valence-electron chi connectivity index (χ0n) is 15.7. The second kappa shape index (κ2) is 7.24. The number of pyridine rings is 1. The highest BCUT2D eigenvalue weighted by Crippen LogP contribution is 2.35. The minimum absolute atomic E-state index is 0.0349. The van der Waals surface area contributed by atoms with Crippen LogP contribution in [0.2, 0.25) is 0 Å². The summed E-state index contributed by atoms with van der Waals surface area (Å²) in [6.07, 6.45) is -0.959. The molecule has 1 aliphatic rings. The molecule has 0 aliphatic carbocycles. The first-order valence-corrected chi connectivity index (χ1v) is 10.3. The lowest BCUT2D eigenvalue weighted by Gasteiger charge is -2.16. The minimum atomic E-state index is -4.55. The third-order valence-corrected chi connectivity index (χ3v) is 6.43. The Kier molecular flexibility index (Phi) is 4.85. The number of sulfone groups is 1. The molecule has 0 saturated carbocycles. The van der Waals surface area contributed by atoms with Crippen molar-refractivity contribution < 1.29 is 21.6 Å². The number of halogens is 3. The van der Waals surface area contributed by atoms with Gasteiger partial charge >= 0.3 is 6.18 Å². The molecule has 0 amide bonds. The van der Waals surface area contributed by atoms with Gasteiger partial charge in [0, 0.05) is 19.4 Å². The van der Waals surface area contributed by atoms with E-state index in [1.54, 1.807) is 37.4 Å². The van der Waals surface area contributed by atoms with Gasteiger partial charge in [-0.25, -0.2) is 18.4 Å². The van der Waals surface area contributed by atoms with E-state index in [4.69, 9.17) is 0 Å². The first kappa shape index (κ1) is 20.1. The van der Waals surface area contributed by atoms with Gasteiger partial charge in [-0.15, -0.1) is 0 Å². The zero-order valence-corrected chi connectivity index (χ0v) is 16.5. The Morgan fingerprint density at radius 2 is 1.87 bits per heavy atom. The van der Waals surface area contributed by atoms with E-state index in [1.165, 1.54) is 22.1 Å². The molecule has 3 heterocycles. The van der Waals surface area contributed by atoms with Crippen molar-refractivity contribution in [2.24, 2.45) is 12.1 Å². The van der Waals surface area contributed by atoms with E-state index in [0.29, 0.717) is 5.56 Å². The van der Waals surface area contributed by atoms with Gasteiger partial charge in [0.25, 0.3) is 0 Å². The molecule has 4 rings (SSSR count). The van der Waals surface area contributed by atoms with Crippen molar-refractivity contribution in [1.29, 1.82) is 0 Å². The third-order valence-electron chi connectivity index (χ3n) is 4.68. The largest absolute Gasteiger partial charge is 0.416 e. The molecule has 0 N–H and O–H groups in total. The van der Waals surface area contributed by atoms with Crippen LogP contribution in [0.5, 0.6) is 0 Å². The topological polar surface area (TPSA) is 80.5 Å². The monoisotopic (exact) mass is 435 g/mol. The van der Waals surface area contributed by atoms with E-state index in [2.05, 4.69) is 15.2 Å². The second-order valence-corrected chi connectivity index (χ2v) is 8.63. The predicted octanol–water partition coefficient (Wildman–Crippen LogP) is 3.23. The maximum absolute atomic E-state index is 13.2. The van der Waals surface area contributed by atoms with Gasteiger partial charge in [-0.05, 0) is 17.7 Å². The fourth-order valence-corrected chi connectivity index (χ4v) is 4.70. The molecule has 1 unspecified atom stereocenters. The average molecular weight is 435 g/mol. The Morgan fingerprint density at radius 3 is 2.50 bits per heavy atom. The summed E-state index contributed by atoms with van der Waals surface area (Å²) >= 11 is 0. The molecule has 0 bridgehead atoms. The molecule has 0 saturated heterocycles. The summed E-state index contributed by atoms with van der Waals surface area (Å²) in [5.41, 5.74) is -0.208. The van der Waals surface area contributed by atoms with E-state index < -0.39 is 27.5 Å². The highest BCUT2D eigenvalue weighted by Gasteiger charge is 2.39. The number of aromatic nitrogens is 3. The Hall–Kier alpha value is -3.21. The van der Waals surface area contributed by atoms with Gasteiger partial charge in [0.2, 0.25) is 9.84 Å². The van der Waals surface area contributed by atoms with E-state index in [9.17, 15) is 21.6 Å². The molecule has 3 aromatic rings. The molecule has 7 nitrogen and oxygen atoms in total.